The number of carbonyl (C=O) groups excluding carboxylic acids is 1. The van der Waals surface area contributed by atoms with Crippen molar-refractivity contribution in [2.24, 2.45) is 5.73 Å². The van der Waals surface area contributed by atoms with Gasteiger partial charge in [0.15, 0.2) is 0 Å². The standard InChI is InChI=1S/C18H36N2O3/c19-13-16-20(14-9-5-1-2-7-11-17-21)15-10-6-3-4-8-12-18(22)23/h17H,1-16,19H2,(H,22,23). The van der Waals surface area contributed by atoms with Gasteiger partial charge in [0.25, 0.3) is 0 Å². The predicted octanol–water partition coefficient (Wildman–Crippen LogP) is 3.21. The smallest absolute Gasteiger partial charge is 0.303 e. The average molecular weight is 328 g/mol. The van der Waals surface area contributed by atoms with Crippen molar-refractivity contribution in [2.45, 2.75) is 77.0 Å². The Morgan fingerprint density at radius 2 is 1.35 bits per heavy atom. The molecule has 0 fully saturated rings. The molecule has 0 atom stereocenters. The van der Waals surface area contributed by atoms with Crippen LogP contribution in [0.15, 0.2) is 0 Å². The van der Waals surface area contributed by atoms with E-state index >= 15 is 0 Å². The Bertz CT molecular complexity index is 285. The highest BCUT2D eigenvalue weighted by Gasteiger charge is 2.04. The summed E-state index contributed by atoms with van der Waals surface area (Å²) in [6.07, 6.45) is 13.1. The van der Waals surface area contributed by atoms with Crippen molar-refractivity contribution >= 4 is 12.3 Å². The number of hydrogen-bond acceptors (Lipinski definition) is 4. The zero-order chi connectivity index (χ0) is 17.2. The van der Waals surface area contributed by atoms with Gasteiger partial charge in [0.2, 0.25) is 0 Å². The summed E-state index contributed by atoms with van der Waals surface area (Å²) in [5.41, 5.74) is 5.68. The lowest BCUT2D eigenvalue weighted by molar-refractivity contribution is -0.137. The molecule has 0 aliphatic rings. The Hall–Kier alpha value is -0.940. The number of carboxylic acid groups (broad SMARTS) is 1. The number of carboxylic acids is 1. The molecule has 5 nitrogen and oxygen atoms in total. The van der Waals surface area contributed by atoms with Gasteiger partial charge in [-0.05, 0) is 38.8 Å². The summed E-state index contributed by atoms with van der Waals surface area (Å²) in [6, 6.07) is 0. The molecular formula is C18H36N2O3. The van der Waals surface area contributed by atoms with E-state index in [2.05, 4.69) is 4.90 Å². The molecule has 0 heterocycles. The molecule has 0 rings (SSSR count). The fraction of sp³-hybridized carbons (Fsp3) is 0.889. The summed E-state index contributed by atoms with van der Waals surface area (Å²) in [4.78, 5) is 23.1. The molecular weight excluding hydrogens is 292 g/mol. The van der Waals surface area contributed by atoms with Crippen molar-refractivity contribution in [3.8, 4) is 0 Å². The van der Waals surface area contributed by atoms with E-state index < -0.39 is 5.97 Å². The molecule has 0 radical (unpaired) electrons. The van der Waals surface area contributed by atoms with Gasteiger partial charge >= 0.3 is 5.97 Å². The molecule has 0 unspecified atom stereocenters. The van der Waals surface area contributed by atoms with Crippen LogP contribution in [0, 0.1) is 0 Å². The summed E-state index contributed by atoms with van der Waals surface area (Å²) in [5.74, 6) is -0.690. The first-order valence-corrected chi connectivity index (χ1v) is 9.28. The highest BCUT2D eigenvalue weighted by molar-refractivity contribution is 5.66. The first-order chi connectivity index (χ1) is 11.2. The van der Waals surface area contributed by atoms with Crippen LogP contribution in [-0.2, 0) is 9.59 Å². The van der Waals surface area contributed by atoms with Crippen LogP contribution in [-0.4, -0.2) is 48.4 Å². The first-order valence-electron chi connectivity index (χ1n) is 9.28. The monoisotopic (exact) mass is 328 g/mol. The lowest BCUT2D eigenvalue weighted by Crippen LogP contribution is -2.31. The topological polar surface area (TPSA) is 83.6 Å². The minimum Gasteiger partial charge on any atom is -0.481 e. The van der Waals surface area contributed by atoms with Gasteiger partial charge in [0, 0.05) is 25.9 Å². The fourth-order valence-electron chi connectivity index (χ4n) is 2.75. The van der Waals surface area contributed by atoms with Gasteiger partial charge in [-0.2, -0.15) is 0 Å². The van der Waals surface area contributed by atoms with Gasteiger partial charge < -0.3 is 20.5 Å². The maximum absolute atomic E-state index is 10.4. The fourth-order valence-corrected chi connectivity index (χ4v) is 2.75. The van der Waals surface area contributed by atoms with Crippen molar-refractivity contribution in [1.82, 2.24) is 4.90 Å². The number of unbranched alkanes of at least 4 members (excludes halogenated alkanes) is 9. The Balaban J connectivity index is 3.50. The summed E-state index contributed by atoms with van der Waals surface area (Å²) in [5, 5.41) is 8.58. The number of aliphatic carboxylic acids is 1. The third-order valence-corrected chi connectivity index (χ3v) is 4.11. The van der Waals surface area contributed by atoms with Crippen LogP contribution in [0.4, 0.5) is 0 Å². The third kappa shape index (κ3) is 17.2. The molecule has 0 amide bonds. The first kappa shape index (κ1) is 22.1. The average Bonchev–Trinajstić information content (AvgIpc) is 2.52. The predicted molar refractivity (Wildman–Crippen MR) is 94.6 cm³/mol. The van der Waals surface area contributed by atoms with E-state index in [1.165, 1.54) is 32.1 Å². The number of aldehydes is 1. The third-order valence-electron chi connectivity index (χ3n) is 4.11. The number of hydrogen-bond donors (Lipinski definition) is 2. The van der Waals surface area contributed by atoms with Crippen LogP contribution >= 0.6 is 0 Å². The van der Waals surface area contributed by atoms with E-state index in [0.717, 1.165) is 58.0 Å². The maximum atomic E-state index is 10.4. The molecule has 3 N–H and O–H groups in total. The Kier molecular flexibility index (Phi) is 16.7. The van der Waals surface area contributed by atoms with Crippen molar-refractivity contribution in [3.05, 3.63) is 0 Å². The van der Waals surface area contributed by atoms with Crippen LogP contribution in [0.3, 0.4) is 0 Å². The van der Waals surface area contributed by atoms with Crippen LogP contribution in [0.2, 0.25) is 0 Å². The maximum Gasteiger partial charge on any atom is 0.303 e. The number of nitrogens with two attached hydrogens (primary N) is 1. The molecule has 0 aromatic rings. The van der Waals surface area contributed by atoms with Crippen LogP contribution in [0.25, 0.3) is 0 Å². The number of carbonyl (C=O) groups is 2. The van der Waals surface area contributed by atoms with Crippen molar-refractivity contribution in [1.29, 1.82) is 0 Å². The SMILES string of the molecule is NCCN(CCCCCCCC=O)CCCCCCCC(=O)O. The van der Waals surface area contributed by atoms with Crippen LogP contribution in [0.1, 0.15) is 77.0 Å². The number of rotatable bonds is 18. The summed E-state index contributed by atoms with van der Waals surface area (Å²) in [7, 11) is 0. The normalized spacial score (nSPS) is 11.0. The van der Waals surface area contributed by atoms with Gasteiger partial charge in [0.05, 0.1) is 0 Å². The van der Waals surface area contributed by atoms with Gasteiger partial charge in [-0.3, -0.25) is 4.79 Å². The van der Waals surface area contributed by atoms with E-state index in [4.69, 9.17) is 10.8 Å². The lowest BCUT2D eigenvalue weighted by Gasteiger charge is -2.21. The largest absolute Gasteiger partial charge is 0.481 e. The molecule has 0 aliphatic heterocycles. The highest BCUT2D eigenvalue weighted by Crippen LogP contribution is 2.08. The molecule has 0 aromatic carbocycles. The van der Waals surface area contributed by atoms with Gasteiger partial charge in [-0.25, -0.2) is 0 Å². The van der Waals surface area contributed by atoms with Gasteiger partial charge in [0.1, 0.15) is 6.29 Å². The molecule has 0 spiro atoms. The summed E-state index contributed by atoms with van der Waals surface area (Å²) in [6.45, 7) is 3.88. The van der Waals surface area contributed by atoms with E-state index in [1.54, 1.807) is 0 Å². The quantitative estimate of drug-likeness (QED) is 0.298. The molecule has 136 valence electrons. The molecule has 0 aromatic heterocycles. The Labute approximate surface area is 141 Å². The molecule has 0 aliphatic carbocycles. The molecule has 0 bridgehead atoms. The lowest BCUT2D eigenvalue weighted by atomic mass is 10.1. The van der Waals surface area contributed by atoms with E-state index in [9.17, 15) is 9.59 Å². The number of nitrogens with zero attached hydrogens (tertiary/aromatic N) is 1. The Morgan fingerprint density at radius 1 is 0.826 bits per heavy atom. The molecule has 23 heavy (non-hydrogen) atoms. The molecule has 5 heteroatoms. The molecule has 0 saturated carbocycles. The second-order valence-electron chi connectivity index (χ2n) is 6.26. The van der Waals surface area contributed by atoms with Crippen LogP contribution in [0.5, 0.6) is 0 Å². The van der Waals surface area contributed by atoms with Gasteiger partial charge in [-0.1, -0.05) is 38.5 Å². The summed E-state index contributed by atoms with van der Waals surface area (Å²) >= 11 is 0. The zero-order valence-corrected chi connectivity index (χ0v) is 14.7. The minimum atomic E-state index is -0.690. The van der Waals surface area contributed by atoms with Crippen LogP contribution < -0.4 is 5.73 Å². The van der Waals surface area contributed by atoms with E-state index in [1.807, 2.05) is 0 Å². The van der Waals surface area contributed by atoms with E-state index in [-0.39, 0.29) is 0 Å². The Morgan fingerprint density at radius 3 is 1.87 bits per heavy atom. The van der Waals surface area contributed by atoms with Gasteiger partial charge in [-0.15, -0.1) is 0 Å². The van der Waals surface area contributed by atoms with E-state index in [0.29, 0.717) is 19.4 Å². The summed E-state index contributed by atoms with van der Waals surface area (Å²) < 4.78 is 0. The second kappa shape index (κ2) is 17.4. The van der Waals surface area contributed by atoms with Crippen molar-refractivity contribution < 1.29 is 14.7 Å². The van der Waals surface area contributed by atoms with Crippen molar-refractivity contribution in [2.75, 3.05) is 26.2 Å². The van der Waals surface area contributed by atoms with Crippen molar-refractivity contribution in [3.63, 3.8) is 0 Å². The second-order valence-corrected chi connectivity index (χ2v) is 6.26. The highest BCUT2D eigenvalue weighted by atomic mass is 16.4. The minimum absolute atomic E-state index is 0.298. The zero-order valence-electron chi connectivity index (χ0n) is 14.7. The molecule has 0 saturated heterocycles.